The van der Waals surface area contributed by atoms with E-state index in [0.29, 0.717) is 6.61 Å². The number of ether oxygens (including phenoxy) is 2. The van der Waals surface area contributed by atoms with Crippen molar-refractivity contribution in [1.82, 2.24) is 0 Å². The number of alkyl halides is 1. The summed E-state index contributed by atoms with van der Waals surface area (Å²) in [7, 11) is 1.32. The van der Waals surface area contributed by atoms with Crippen molar-refractivity contribution in [2.45, 2.75) is 31.6 Å². The van der Waals surface area contributed by atoms with E-state index in [1.54, 1.807) is 0 Å². The molecule has 1 N–H and O–H groups in total. The van der Waals surface area contributed by atoms with Gasteiger partial charge in [-0.15, -0.1) is 0 Å². The summed E-state index contributed by atoms with van der Waals surface area (Å²) in [6.07, 6.45) is -2.93. The fourth-order valence-corrected chi connectivity index (χ4v) is 2.35. The van der Waals surface area contributed by atoms with E-state index in [0.717, 1.165) is 17.3 Å². The molecule has 2 aromatic rings. The Bertz CT molecular complexity index is 639. The maximum absolute atomic E-state index is 14.4. The molecule has 0 heterocycles. The van der Waals surface area contributed by atoms with Crippen LogP contribution in [-0.4, -0.2) is 43.4 Å². The van der Waals surface area contributed by atoms with Gasteiger partial charge in [0.05, 0.1) is 26.0 Å². The smallest absolute Gasteiger partial charge is 0.167 e. The molecule has 5 nitrogen and oxygen atoms in total. The lowest BCUT2D eigenvalue weighted by Crippen LogP contribution is -2.41. The Balaban J connectivity index is 1.91. The second kappa shape index (κ2) is 11.4. The molecule has 0 unspecified atom stereocenters. The van der Waals surface area contributed by atoms with Gasteiger partial charge in [0.1, 0.15) is 19.3 Å². The Morgan fingerprint density at radius 2 is 1.58 bits per heavy atom. The molecule has 0 radical (unpaired) electrons. The van der Waals surface area contributed by atoms with Gasteiger partial charge in [-0.2, -0.15) is 0 Å². The summed E-state index contributed by atoms with van der Waals surface area (Å²) in [5, 5.41) is 13.8. The highest BCUT2D eigenvalue weighted by molar-refractivity contribution is 5.63. The molecule has 0 fully saturated rings. The highest BCUT2D eigenvalue weighted by Crippen LogP contribution is 2.13. The number of benzene rings is 2. The molecule has 6 heteroatoms. The quantitative estimate of drug-likeness (QED) is 0.493. The number of aliphatic hydroxyl groups is 1. The average molecular weight is 361 g/mol. The molecule has 0 spiro atoms. The third-order valence-corrected chi connectivity index (χ3v) is 3.69. The number of rotatable bonds is 11. The largest absolute Gasteiger partial charge is 0.399 e. The van der Waals surface area contributed by atoms with Gasteiger partial charge in [0.25, 0.3) is 0 Å². The van der Waals surface area contributed by atoms with Crippen molar-refractivity contribution in [1.29, 1.82) is 0 Å². The first-order valence-corrected chi connectivity index (χ1v) is 8.36. The van der Waals surface area contributed by atoms with Crippen LogP contribution in [0, 0.1) is 0 Å². The summed E-state index contributed by atoms with van der Waals surface area (Å²) in [5.41, 5.74) is 1.85. The minimum atomic E-state index is -1.63. The first-order valence-electron chi connectivity index (χ1n) is 8.36. The number of hydrogen-bond donors (Lipinski definition) is 1. The highest BCUT2D eigenvalue weighted by atomic mass is 19.1. The van der Waals surface area contributed by atoms with Crippen molar-refractivity contribution < 1.29 is 23.8 Å². The zero-order chi connectivity index (χ0) is 18.6. The van der Waals surface area contributed by atoms with E-state index in [1.165, 1.54) is 7.11 Å². The minimum absolute atomic E-state index is 0.0599. The monoisotopic (exact) mass is 361 g/mol. The summed E-state index contributed by atoms with van der Waals surface area (Å²) in [4.78, 5) is 4.51. The maximum atomic E-state index is 14.4. The molecule has 0 saturated carbocycles. The SMILES string of the molecule is CO/N=C/[C@@H](F)[C@H](OCc1ccccc1)[C@H](O)COCc1ccccc1. The lowest BCUT2D eigenvalue weighted by molar-refractivity contribution is -0.0974. The van der Waals surface area contributed by atoms with E-state index in [4.69, 9.17) is 9.47 Å². The number of nitrogens with zero attached hydrogens (tertiary/aromatic N) is 1. The Hall–Kier alpha value is -2.28. The summed E-state index contributed by atoms with van der Waals surface area (Å²) < 4.78 is 25.5. The Kier molecular flexibility index (Phi) is 8.75. The zero-order valence-electron chi connectivity index (χ0n) is 14.7. The fourth-order valence-electron chi connectivity index (χ4n) is 2.35. The van der Waals surface area contributed by atoms with Gasteiger partial charge in [-0.05, 0) is 11.1 Å². The molecule has 0 aromatic heterocycles. The van der Waals surface area contributed by atoms with E-state index in [2.05, 4.69) is 9.99 Å². The van der Waals surface area contributed by atoms with Crippen molar-refractivity contribution in [2.24, 2.45) is 5.16 Å². The van der Waals surface area contributed by atoms with E-state index < -0.39 is 18.4 Å². The van der Waals surface area contributed by atoms with Crippen LogP contribution >= 0.6 is 0 Å². The molecular formula is C20H24FNO4. The summed E-state index contributed by atoms with van der Waals surface area (Å²) in [6, 6.07) is 18.9. The Labute approximate surface area is 153 Å². The third-order valence-electron chi connectivity index (χ3n) is 3.69. The van der Waals surface area contributed by atoms with E-state index >= 15 is 0 Å². The molecule has 0 aliphatic heterocycles. The normalized spacial score (nSPS) is 14.9. The first-order chi connectivity index (χ1) is 12.7. The van der Waals surface area contributed by atoms with Crippen LogP contribution < -0.4 is 0 Å². The predicted octanol–water partition coefficient (Wildman–Crippen LogP) is 3.12. The second-order valence-corrected chi connectivity index (χ2v) is 5.71. The van der Waals surface area contributed by atoms with Crippen molar-refractivity contribution in [3.05, 3.63) is 71.8 Å². The molecule has 0 aliphatic rings. The molecular weight excluding hydrogens is 337 g/mol. The second-order valence-electron chi connectivity index (χ2n) is 5.71. The van der Waals surface area contributed by atoms with Crippen LogP contribution in [0.15, 0.2) is 65.8 Å². The Morgan fingerprint density at radius 1 is 1.00 bits per heavy atom. The van der Waals surface area contributed by atoms with Crippen molar-refractivity contribution in [2.75, 3.05) is 13.7 Å². The molecule has 0 bridgehead atoms. The summed E-state index contributed by atoms with van der Waals surface area (Å²) in [6.45, 7) is 0.435. The van der Waals surface area contributed by atoms with Crippen LogP contribution in [0.2, 0.25) is 0 Å². The zero-order valence-corrected chi connectivity index (χ0v) is 14.7. The summed E-state index contributed by atoms with van der Waals surface area (Å²) >= 11 is 0. The lowest BCUT2D eigenvalue weighted by atomic mass is 10.1. The maximum Gasteiger partial charge on any atom is 0.167 e. The van der Waals surface area contributed by atoms with Gasteiger partial charge in [0.2, 0.25) is 0 Å². The van der Waals surface area contributed by atoms with E-state index in [9.17, 15) is 9.50 Å². The molecule has 26 heavy (non-hydrogen) atoms. The topological polar surface area (TPSA) is 60.3 Å². The lowest BCUT2D eigenvalue weighted by Gasteiger charge is -2.24. The summed E-state index contributed by atoms with van der Waals surface area (Å²) in [5.74, 6) is 0. The predicted molar refractivity (Wildman–Crippen MR) is 97.5 cm³/mol. The van der Waals surface area contributed by atoms with Gasteiger partial charge in [-0.3, -0.25) is 0 Å². The van der Waals surface area contributed by atoms with Crippen molar-refractivity contribution >= 4 is 6.21 Å². The van der Waals surface area contributed by atoms with Gasteiger partial charge in [0.15, 0.2) is 6.17 Å². The highest BCUT2D eigenvalue weighted by Gasteiger charge is 2.29. The van der Waals surface area contributed by atoms with Crippen LogP contribution in [0.25, 0.3) is 0 Å². The van der Waals surface area contributed by atoms with Gasteiger partial charge in [0, 0.05) is 0 Å². The standard InChI is InChI=1S/C20H24FNO4/c1-24-22-12-18(21)20(26-14-17-10-6-3-7-11-17)19(23)15-25-13-16-8-4-2-5-9-16/h2-12,18-20,23H,13-15H2,1H3/b22-12+/t18-,19-,20+/m1/s1. The fraction of sp³-hybridized carbons (Fsp3) is 0.350. The van der Waals surface area contributed by atoms with Crippen molar-refractivity contribution in [3.63, 3.8) is 0 Å². The number of hydrogen-bond acceptors (Lipinski definition) is 5. The third kappa shape index (κ3) is 6.92. The molecule has 0 saturated heterocycles. The van der Waals surface area contributed by atoms with E-state index in [-0.39, 0.29) is 13.2 Å². The van der Waals surface area contributed by atoms with Crippen LogP contribution in [-0.2, 0) is 27.5 Å². The van der Waals surface area contributed by atoms with Gasteiger partial charge >= 0.3 is 0 Å². The first kappa shape index (κ1) is 20.0. The average Bonchev–Trinajstić information content (AvgIpc) is 2.68. The molecule has 3 atom stereocenters. The molecule has 2 rings (SSSR count). The molecule has 0 amide bonds. The molecule has 0 aliphatic carbocycles. The molecule has 2 aromatic carbocycles. The van der Waals surface area contributed by atoms with Gasteiger partial charge in [-0.1, -0.05) is 65.8 Å². The van der Waals surface area contributed by atoms with Crippen LogP contribution in [0.3, 0.4) is 0 Å². The van der Waals surface area contributed by atoms with Crippen LogP contribution in [0.5, 0.6) is 0 Å². The van der Waals surface area contributed by atoms with Crippen molar-refractivity contribution in [3.8, 4) is 0 Å². The van der Waals surface area contributed by atoms with Crippen LogP contribution in [0.4, 0.5) is 4.39 Å². The number of aliphatic hydroxyl groups excluding tert-OH is 1. The van der Waals surface area contributed by atoms with Gasteiger partial charge < -0.3 is 19.4 Å². The van der Waals surface area contributed by atoms with Gasteiger partial charge in [-0.25, -0.2) is 4.39 Å². The molecule has 140 valence electrons. The Morgan fingerprint density at radius 3 is 2.15 bits per heavy atom. The number of halogens is 1. The number of oxime groups is 1. The van der Waals surface area contributed by atoms with Crippen LogP contribution in [0.1, 0.15) is 11.1 Å². The van der Waals surface area contributed by atoms with E-state index in [1.807, 2.05) is 60.7 Å². The minimum Gasteiger partial charge on any atom is -0.399 e.